The summed E-state index contributed by atoms with van der Waals surface area (Å²) in [6, 6.07) is 15.4. The molecule has 2 aromatic carbocycles. The van der Waals surface area contributed by atoms with Crippen LogP contribution in [0.15, 0.2) is 47.8 Å². The quantitative estimate of drug-likeness (QED) is 0.662. The number of amides is 1. The third-order valence-corrected chi connectivity index (χ3v) is 6.85. The molecule has 4 nitrogen and oxygen atoms in total. The molecule has 2 aliphatic rings. The lowest BCUT2D eigenvalue weighted by atomic mass is 9.99. The summed E-state index contributed by atoms with van der Waals surface area (Å²) in [7, 11) is 0. The molecule has 0 saturated carbocycles. The zero-order chi connectivity index (χ0) is 18.9. The van der Waals surface area contributed by atoms with Gasteiger partial charge in [0, 0.05) is 60.6 Å². The van der Waals surface area contributed by atoms with Crippen LogP contribution in [0.25, 0.3) is 10.1 Å². The van der Waals surface area contributed by atoms with Crippen molar-refractivity contribution in [1.82, 2.24) is 4.90 Å². The van der Waals surface area contributed by atoms with Crippen LogP contribution in [0.5, 0.6) is 0 Å². The summed E-state index contributed by atoms with van der Waals surface area (Å²) >= 11 is 1.82. The van der Waals surface area contributed by atoms with Gasteiger partial charge >= 0.3 is 0 Å². The Hall–Kier alpha value is -2.08. The molecule has 6 heteroatoms. The number of carbonyl (C=O) groups excluding carboxylic acids is 1. The Labute approximate surface area is 181 Å². The molecule has 3 aromatic rings. The summed E-state index contributed by atoms with van der Waals surface area (Å²) in [5.74, 6) is 0.135. The fraction of sp³-hybridized carbons (Fsp3) is 0.348. The Morgan fingerprint density at radius 2 is 1.86 bits per heavy atom. The first kappa shape index (κ1) is 20.2. The lowest BCUT2D eigenvalue weighted by Crippen LogP contribution is -2.47. The molecule has 1 fully saturated rings. The molecule has 29 heavy (non-hydrogen) atoms. The molecule has 0 atom stereocenters. The van der Waals surface area contributed by atoms with Crippen LogP contribution in [0.4, 0.5) is 11.4 Å². The van der Waals surface area contributed by atoms with Gasteiger partial charge in [-0.2, -0.15) is 0 Å². The molecule has 0 spiro atoms. The molecule has 0 bridgehead atoms. The number of thiophene rings is 1. The predicted octanol–water partition coefficient (Wildman–Crippen LogP) is 4.57. The number of benzene rings is 2. The van der Waals surface area contributed by atoms with Crippen LogP contribution in [0.3, 0.4) is 0 Å². The average Bonchev–Trinajstić information content (AvgIpc) is 3.21. The summed E-state index contributed by atoms with van der Waals surface area (Å²) in [5.41, 5.74) is 5.04. The largest absolute Gasteiger partial charge is 0.368 e. The highest BCUT2D eigenvalue weighted by atomic mass is 35.5. The van der Waals surface area contributed by atoms with E-state index >= 15 is 0 Å². The second-order valence-electron chi connectivity index (χ2n) is 7.73. The van der Waals surface area contributed by atoms with Crippen molar-refractivity contribution >= 4 is 51.1 Å². The molecule has 1 amide bonds. The zero-order valence-corrected chi connectivity index (χ0v) is 18.0. The highest BCUT2D eigenvalue weighted by Gasteiger charge is 2.19. The van der Waals surface area contributed by atoms with E-state index in [0.717, 1.165) is 51.3 Å². The Morgan fingerprint density at radius 3 is 2.72 bits per heavy atom. The van der Waals surface area contributed by atoms with E-state index in [9.17, 15) is 4.79 Å². The predicted molar refractivity (Wildman–Crippen MR) is 125 cm³/mol. The van der Waals surface area contributed by atoms with Gasteiger partial charge in [-0.15, -0.1) is 23.7 Å². The molecular weight excluding hydrogens is 402 g/mol. The highest BCUT2D eigenvalue weighted by molar-refractivity contribution is 7.17. The molecule has 152 valence electrons. The van der Waals surface area contributed by atoms with E-state index in [0.29, 0.717) is 6.42 Å². The van der Waals surface area contributed by atoms with E-state index < -0.39 is 0 Å². The van der Waals surface area contributed by atoms with E-state index in [1.807, 2.05) is 11.3 Å². The molecule has 2 aliphatic heterocycles. The number of nitrogens with zero attached hydrogens (tertiary/aromatic N) is 2. The molecule has 0 radical (unpaired) electrons. The van der Waals surface area contributed by atoms with Crippen molar-refractivity contribution in [2.75, 3.05) is 42.9 Å². The van der Waals surface area contributed by atoms with Gasteiger partial charge in [-0.25, -0.2) is 0 Å². The third-order valence-electron chi connectivity index (χ3n) is 5.97. The van der Waals surface area contributed by atoms with E-state index in [-0.39, 0.29) is 18.3 Å². The van der Waals surface area contributed by atoms with Crippen molar-refractivity contribution in [3.8, 4) is 0 Å². The molecule has 0 unspecified atom stereocenters. The van der Waals surface area contributed by atoms with E-state index in [1.54, 1.807) is 0 Å². The first-order valence-electron chi connectivity index (χ1n) is 10.1. The maximum Gasteiger partial charge on any atom is 0.224 e. The van der Waals surface area contributed by atoms with Crippen LogP contribution in [0.1, 0.15) is 17.5 Å². The SMILES string of the molecule is Cl.O=C1CCc2cc(CCN3CCN(c4cccc5sccc45)CC3)ccc2N1. The van der Waals surface area contributed by atoms with Gasteiger partial charge < -0.3 is 10.2 Å². The highest BCUT2D eigenvalue weighted by Crippen LogP contribution is 2.31. The van der Waals surface area contributed by atoms with Crippen molar-refractivity contribution in [1.29, 1.82) is 0 Å². The van der Waals surface area contributed by atoms with E-state index in [4.69, 9.17) is 0 Å². The number of nitrogens with one attached hydrogen (secondary N) is 1. The minimum Gasteiger partial charge on any atom is -0.368 e. The number of carbonyl (C=O) groups is 1. The number of halogens is 1. The van der Waals surface area contributed by atoms with Gasteiger partial charge in [0.2, 0.25) is 5.91 Å². The molecule has 1 aromatic heterocycles. The van der Waals surface area contributed by atoms with Crippen molar-refractivity contribution < 1.29 is 4.79 Å². The van der Waals surface area contributed by atoms with Gasteiger partial charge in [0.1, 0.15) is 0 Å². The minimum atomic E-state index is 0. The second-order valence-corrected chi connectivity index (χ2v) is 8.68. The van der Waals surface area contributed by atoms with Gasteiger partial charge in [-0.3, -0.25) is 9.69 Å². The van der Waals surface area contributed by atoms with Crippen LogP contribution >= 0.6 is 23.7 Å². The first-order chi connectivity index (χ1) is 13.8. The maximum atomic E-state index is 11.5. The molecular formula is C23H26ClN3OS. The number of piperazine rings is 1. The Kier molecular flexibility index (Phi) is 6.09. The molecule has 0 aliphatic carbocycles. The lowest BCUT2D eigenvalue weighted by Gasteiger charge is -2.36. The normalized spacial score (nSPS) is 17.0. The van der Waals surface area contributed by atoms with Gasteiger partial charge in [0.05, 0.1) is 0 Å². The Bertz CT molecular complexity index is 1010. The topological polar surface area (TPSA) is 35.6 Å². The summed E-state index contributed by atoms with van der Waals surface area (Å²) < 4.78 is 1.38. The molecule has 1 saturated heterocycles. The van der Waals surface area contributed by atoms with Gasteiger partial charge in [0.25, 0.3) is 0 Å². The summed E-state index contributed by atoms with van der Waals surface area (Å²) in [6.45, 7) is 5.50. The number of rotatable bonds is 4. The van der Waals surface area contributed by atoms with Crippen molar-refractivity contribution in [3.05, 3.63) is 59.0 Å². The van der Waals surface area contributed by atoms with Gasteiger partial charge in [0.15, 0.2) is 0 Å². The fourth-order valence-corrected chi connectivity index (χ4v) is 5.15. The molecule has 3 heterocycles. The Morgan fingerprint density at radius 1 is 1.00 bits per heavy atom. The second kappa shape index (κ2) is 8.74. The minimum absolute atomic E-state index is 0. The van der Waals surface area contributed by atoms with Gasteiger partial charge in [-0.1, -0.05) is 18.2 Å². The fourth-order valence-electron chi connectivity index (χ4n) is 4.35. The van der Waals surface area contributed by atoms with Crippen molar-refractivity contribution in [3.63, 3.8) is 0 Å². The maximum absolute atomic E-state index is 11.5. The zero-order valence-electron chi connectivity index (χ0n) is 16.4. The number of anilines is 2. The smallest absolute Gasteiger partial charge is 0.224 e. The van der Waals surface area contributed by atoms with Crippen LogP contribution in [-0.4, -0.2) is 43.5 Å². The van der Waals surface area contributed by atoms with Crippen LogP contribution in [0, 0.1) is 0 Å². The third kappa shape index (κ3) is 4.27. The number of hydrogen-bond acceptors (Lipinski definition) is 4. The first-order valence-corrected chi connectivity index (χ1v) is 11.0. The monoisotopic (exact) mass is 427 g/mol. The van der Waals surface area contributed by atoms with Crippen LogP contribution < -0.4 is 10.2 Å². The lowest BCUT2D eigenvalue weighted by molar-refractivity contribution is -0.116. The van der Waals surface area contributed by atoms with Crippen molar-refractivity contribution in [2.45, 2.75) is 19.3 Å². The molecule has 5 rings (SSSR count). The number of hydrogen-bond donors (Lipinski definition) is 1. The van der Waals surface area contributed by atoms with E-state index in [1.165, 1.54) is 26.9 Å². The van der Waals surface area contributed by atoms with E-state index in [2.05, 4.69) is 63.0 Å². The summed E-state index contributed by atoms with van der Waals surface area (Å²) in [4.78, 5) is 16.6. The van der Waals surface area contributed by atoms with Gasteiger partial charge in [-0.05, 0) is 53.6 Å². The Balaban J connectivity index is 0.00000205. The van der Waals surface area contributed by atoms with Crippen LogP contribution in [-0.2, 0) is 17.6 Å². The number of fused-ring (bicyclic) bond motifs is 2. The molecule has 1 N–H and O–H groups in total. The average molecular weight is 428 g/mol. The van der Waals surface area contributed by atoms with Crippen molar-refractivity contribution in [2.24, 2.45) is 0 Å². The summed E-state index contributed by atoms with van der Waals surface area (Å²) in [5, 5.41) is 6.55. The number of aryl methyl sites for hydroxylation is 1. The standard InChI is InChI=1S/C23H25N3OS.ClH/c27-23-7-5-18-16-17(4-6-20(18)24-23)8-10-25-11-13-26(14-12-25)21-2-1-3-22-19(21)9-15-28-22;/h1-4,6,9,15-16H,5,7-8,10-14H2,(H,24,27);1H. The van der Waals surface area contributed by atoms with Crippen LogP contribution in [0.2, 0.25) is 0 Å². The summed E-state index contributed by atoms with van der Waals surface area (Å²) in [6.07, 6.45) is 2.54.